The minimum Gasteiger partial charge on any atom is -0.466 e. The van der Waals surface area contributed by atoms with Crippen LogP contribution in [0.2, 0.25) is 0 Å². The normalized spacial score (nSPS) is 16.5. The van der Waals surface area contributed by atoms with Crippen molar-refractivity contribution >= 4 is 45.9 Å². The molecule has 0 saturated carbocycles. The second kappa shape index (κ2) is 8.97. The summed E-state index contributed by atoms with van der Waals surface area (Å²) in [6.45, 7) is 0.440. The third-order valence-corrected chi connectivity index (χ3v) is 5.45. The Morgan fingerprint density at radius 3 is 2.90 bits per heavy atom. The average Bonchev–Trinajstić information content (AvgIpc) is 3.32. The molecule has 1 saturated heterocycles. The number of ether oxygens (including phenoxy) is 1. The lowest BCUT2D eigenvalue weighted by Crippen LogP contribution is -2.19. The lowest BCUT2D eigenvalue weighted by atomic mass is 10.1. The standard InChI is InChI=1S/C22H17FN4O3S/c1-30-20(28)11-19-21(29)25-22(31-19)26-24-12-14-6-7-18-15(10-14)8-9-27(18)13-16-4-2-3-5-17(16)23/h2-12H,13H2,1H3,(H,25,26,29)/b19-11+,24-12?. The number of benzene rings is 2. The number of hydrogen-bond donors (Lipinski definition) is 1. The van der Waals surface area contributed by atoms with E-state index in [-0.39, 0.29) is 15.9 Å². The zero-order valence-electron chi connectivity index (χ0n) is 16.4. The third-order valence-electron chi connectivity index (χ3n) is 4.55. The zero-order valence-corrected chi connectivity index (χ0v) is 17.2. The molecule has 31 heavy (non-hydrogen) atoms. The highest BCUT2D eigenvalue weighted by Gasteiger charge is 2.25. The molecule has 9 heteroatoms. The molecule has 0 unspecified atom stereocenters. The van der Waals surface area contributed by atoms with E-state index in [1.807, 2.05) is 41.1 Å². The summed E-state index contributed by atoms with van der Waals surface area (Å²) in [6, 6.07) is 14.4. The van der Waals surface area contributed by atoms with Crippen LogP contribution >= 0.6 is 11.8 Å². The molecule has 4 rings (SSSR count). The average molecular weight is 436 g/mol. The SMILES string of the molecule is COC(=O)/C=C1/S/C(=N\N=Cc2ccc3c(ccn3Cc3ccccc3F)c2)NC1=O. The van der Waals surface area contributed by atoms with E-state index in [9.17, 15) is 14.0 Å². The van der Waals surface area contributed by atoms with Crippen molar-refractivity contribution in [3.05, 3.63) is 82.7 Å². The van der Waals surface area contributed by atoms with Gasteiger partial charge in [0.15, 0.2) is 5.17 Å². The van der Waals surface area contributed by atoms with Gasteiger partial charge >= 0.3 is 5.97 Å². The van der Waals surface area contributed by atoms with Crippen LogP contribution in [-0.4, -0.2) is 34.9 Å². The molecule has 1 amide bonds. The maximum atomic E-state index is 13.9. The highest BCUT2D eigenvalue weighted by Crippen LogP contribution is 2.23. The highest BCUT2D eigenvalue weighted by atomic mass is 32.2. The van der Waals surface area contributed by atoms with Crippen LogP contribution in [0, 0.1) is 5.82 Å². The minimum absolute atomic E-state index is 0.193. The summed E-state index contributed by atoms with van der Waals surface area (Å²) in [7, 11) is 1.24. The molecule has 1 N–H and O–H groups in total. The molecule has 1 aromatic heterocycles. The molecule has 156 valence electrons. The van der Waals surface area contributed by atoms with E-state index in [1.54, 1.807) is 18.3 Å². The number of thioether (sulfide) groups is 1. The number of fused-ring (bicyclic) bond motifs is 1. The van der Waals surface area contributed by atoms with Crippen molar-refractivity contribution < 1.29 is 18.7 Å². The predicted octanol–water partition coefficient (Wildman–Crippen LogP) is 3.44. The third kappa shape index (κ3) is 4.72. The molecule has 1 fully saturated rings. The molecule has 0 atom stereocenters. The van der Waals surface area contributed by atoms with Crippen LogP contribution in [0.5, 0.6) is 0 Å². The summed E-state index contributed by atoms with van der Waals surface area (Å²) in [5, 5.41) is 11.8. The Kier molecular flexibility index (Phi) is 5.94. The number of halogens is 1. The van der Waals surface area contributed by atoms with Gasteiger partial charge in [-0.3, -0.25) is 10.1 Å². The van der Waals surface area contributed by atoms with Crippen LogP contribution in [0.4, 0.5) is 4.39 Å². The molecule has 2 heterocycles. The second-order valence-corrected chi connectivity index (χ2v) is 7.62. The topological polar surface area (TPSA) is 85.0 Å². The number of nitrogens with one attached hydrogen (secondary N) is 1. The minimum atomic E-state index is -0.613. The number of esters is 1. The van der Waals surface area contributed by atoms with E-state index < -0.39 is 11.9 Å². The van der Waals surface area contributed by atoms with E-state index in [0.717, 1.165) is 34.3 Å². The molecular weight excluding hydrogens is 419 g/mol. The number of methoxy groups -OCH3 is 1. The number of hydrogen-bond acceptors (Lipinski definition) is 6. The Labute approximate surface area is 181 Å². The number of rotatable bonds is 5. The fraction of sp³-hybridized carbons (Fsp3) is 0.0909. The van der Waals surface area contributed by atoms with Gasteiger partial charge in [0.2, 0.25) is 0 Å². The van der Waals surface area contributed by atoms with Crippen molar-refractivity contribution in [2.75, 3.05) is 7.11 Å². The maximum Gasteiger partial charge on any atom is 0.331 e. The summed E-state index contributed by atoms with van der Waals surface area (Å²) < 4.78 is 20.4. The number of amides is 1. The van der Waals surface area contributed by atoms with Crippen LogP contribution in [0.15, 0.2) is 75.9 Å². The van der Waals surface area contributed by atoms with Gasteiger partial charge < -0.3 is 9.30 Å². The highest BCUT2D eigenvalue weighted by molar-refractivity contribution is 8.18. The van der Waals surface area contributed by atoms with Crippen LogP contribution in [-0.2, 0) is 20.9 Å². The van der Waals surface area contributed by atoms with Gasteiger partial charge in [-0.15, -0.1) is 5.10 Å². The van der Waals surface area contributed by atoms with Crippen molar-refractivity contribution in [2.24, 2.45) is 10.2 Å². The smallest absolute Gasteiger partial charge is 0.331 e. The monoisotopic (exact) mass is 436 g/mol. The molecule has 0 spiro atoms. The number of carbonyl (C=O) groups excluding carboxylic acids is 2. The molecule has 0 radical (unpaired) electrons. The molecular formula is C22H17FN4O3S. The summed E-state index contributed by atoms with van der Waals surface area (Å²) in [5.41, 5.74) is 2.42. The summed E-state index contributed by atoms with van der Waals surface area (Å²) in [4.78, 5) is 23.3. The molecule has 0 aliphatic carbocycles. The molecule has 2 aromatic carbocycles. The molecule has 7 nitrogen and oxygen atoms in total. The van der Waals surface area contributed by atoms with Crippen LogP contribution in [0.3, 0.4) is 0 Å². The van der Waals surface area contributed by atoms with Gasteiger partial charge in [0, 0.05) is 28.7 Å². The first kappa shape index (κ1) is 20.5. The van der Waals surface area contributed by atoms with Crippen molar-refractivity contribution in [3.8, 4) is 0 Å². The molecule has 1 aliphatic rings. The van der Waals surface area contributed by atoms with Gasteiger partial charge in [-0.1, -0.05) is 24.3 Å². The van der Waals surface area contributed by atoms with E-state index in [4.69, 9.17) is 0 Å². The van der Waals surface area contributed by atoms with Crippen LogP contribution in [0.1, 0.15) is 11.1 Å². The Balaban J connectivity index is 1.47. The number of nitrogens with zero attached hydrogens (tertiary/aromatic N) is 3. The van der Waals surface area contributed by atoms with E-state index in [0.29, 0.717) is 12.1 Å². The van der Waals surface area contributed by atoms with E-state index >= 15 is 0 Å². The van der Waals surface area contributed by atoms with Crippen LogP contribution in [0.25, 0.3) is 10.9 Å². The van der Waals surface area contributed by atoms with Gasteiger partial charge in [0.1, 0.15) is 5.82 Å². The Hall–Kier alpha value is -3.72. The molecule has 1 aliphatic heterocycles. The van der Waals surface area contributed by atoms with Crippen molar-refractivity contribution in [1.29, 1.82) is 0 Å². The Bertz CT molecular complexity index is 1260. The van der Waals surface area contributed by atoms with Gasteiger partial charge in [-0.2, -0.15) is 5.10 Å². The van der Waals surface area contributed by atoms with Crippen molar-refractivity contribution in [3.63, 3.8) is 0 Å². The Morgan fingerprint density at radius 1 is 1.26 bits per heavy atom. The fourth-order valence-corrected chi connectivity index (χ4v) is 3.77. The second-order valence-electron chi connectivity index (χ2n) is 6.59. The summed E-state index contributed by atoms with van der Waals surface area (Å²) in [5.74, 6) is -1.27. The largest absolute Gasteiger partial charge is 0.466 e. The maximum absolute atomic E-state index is 13.9. The van der Waals surface area contributed by atoms with Crippen molar-refractivity contribution in [2.45, 2.75) is 6.54 Å². The lowest BCUT2D eigenvalue weighted by Gasteiger charge is -2.07. The zero-order chi connectivity index (χ0) is 21.8. The number of carbonyl (C=O) groups is 2. The lowest BCUT2D eigenvalue weighted by molar-refractivity contribution is -0.135. The van der Waals surface area contributed by atoms with E-state index in [2.05, 4.69) is 20.3 Å². The van der Waals surface area contributed by atoms with Crippen molar-refractivity contribution in [1.82, 2.24) is 9.88 Å². The number of amidine groups is 1. The van der Waals surface area contributed by atoms with Gasteiger partial charge in [-0.05, 0) is 41.6 Å². The number of aromatic nitrogens is 1. The molecule has 3 aromatic rings. The van der Waals surface area contributed by atoms with Gasteiger partial charge in [0.05, 0.1) is 24.8 Å². The first-order chi connectivity index (χ1) is 15.0. The fourth-order valence-electron chi connectivity index (χ4n) is 3.04. The van der Waals surface area contributed by atoms with Gasteiger partial charge in [-0.25, -0.2) is 9.18 Å². The van der Waals surface area contributed by atoms with E-state index in [1.165, 1.54) is 13.2 Å². The summed E-state index contributed by atoms with van der Waals surface area (Å²) >= 11 is 1.01. The van der Waals surface area contributed by atoms with Gasteiger partial charge in [0.25, 0.3) is 5.91 Å². The predicted molar refractivity (Wildman–Crippen MR) is 118 cm³/mol. The summed E-state index contributed by atoms with van der Waals surface area (Å²) in [6.07, 6.45) is 4.58. The molecule has 0 bridgehead atoms. The van der Waals surface area contributed by atoms with Crippen LogP contribution < -0.4 is 5.32 Å². The first-order valence-corrected chi connectivity index (χ1v) is 10.1. The first-order valence-electron chi connectivity index (χ1n) is 9.25. The quantitative estimate of drug-likeness (QED) is 0.287. The Morgan fingerprint density at radius 2 is 2.10 bits per heavy atom.